The van der Waals surface area contributed by atoms with Gasteiger partial charge in [0.15, 0.2) is 0 Å². The zero-order valence-corrected chi connectivity index (χ0v) is 15.3. The van der Waals surface area contributed by atoms with Gasteiger partial charge in [-0.05, 0) is 17.7 Å². The normalized spacial score (nSPS) is 10.9. The van der Waals surface area contributed by atoms with Crippen LogP contribution < -0.4 is 4.74 Å². The van der Waals surface area contributed by atoms with Crippen molar-refractivity contribution in [3.05, 3.63) is 77.7 Å². The number of nitrogens with zero attached hydrogens (tertiary/aromatic N) is 2. The molecule has 0 aliphatic carbocycles. The summed E-state index contributed by atoms with van der Waals surface area (Å²) >= 11 is 0. The van der Waals surface area contributed by atoms with E-state index in [1.54, 1.807) is 0 Å². The van der Waals surface area contributed by atoms with E-state index in [2.05, 4.69) is 15.0 Å². The number of fused-ring (bicyclic) bond motifs is 1. The molecule has 0 aliphatic rings. The van der Waals surface area contributed by atoms with E-state index in [4.69, 9.17) is 4.74 Å². The molecule has 0 fully saturated rings. The highest BCUT2D eigenvalue weighted by Gasteiger charge is 2.19. The molecule has 0 unspecified atom stereocenters. The van der Waals surface area contributed by atoms with Gasteiger partial charge in [0.05, 0.1) is 16.6 Å². The van der Waals surface area contributed by atoms with Crippen LogP contribution in [0.2, 0.25) is 0 Å². The maximum atomic E-state index is 11.6. The van der Waals surface area contributed by atoms with Crippen LogP contribution in [-0.4, -0.2) is 26.0 Å². The lowest BCUT2D eigenvalue weighted by atomic mass is 10.1. The van der Waals surface area contributed by atoms with Gasteiger partial charge >= 0.3 is 5.97 Å². The third-order valence-corrected chi connectivity index (χ3v) is 4.48. The first-order valence-electron chi connectivity index (χ1n) is 9.04. The molecular weight excluding hydrogens is 354 g/mol. The van der Waals surface area contributed by atoms with Crippen molar-refractivity contribution < 1.29 is 14.6 Å². The van der Waals surface area contributed by atoms with Gasteiger partial charge in [-0.1, -0.05) is 49.4 Å². The van der Waals surface area contributed by atoms with E-state index in [-0.39, 0.29) is 5.56 Å². The Labute approximate surface area is 161 Å². The average Bonchev–Trinajstić information content (AvgIpc) is 3.17. The number of benzene rings is 2. The van der Waals surface area contributed by atoms with E-state index in [1.807, 2.05) is 61.5 Å². The number of rotatable bonds is 6. The minimum atomic E-state index is -1.02. The number of carboxylic acid groups (broad SMARTS) is 1. The molecule has 0 saturated heterocycles. The smallest absolute Gasteiger partial charge is 0.338 e. The summed E-state index contributed by atoms with van der Waals surface area (Å²) < 4.78 is 5.91. The first kappa shape index (κ1) is 17.7. The standard InChI is InChI=1S/C22H19N3O3/c1-2-18-24-20(19-17(22(26)27)12-23-21(19)25-18)15-9-6-10-16(11-15)28-13-14-7-4-3-5-8-14/h3-12H,2,13H2,1H3,(H,26,27)(H,23,24,25). The number of carboxylic acids is 1. The number of aromatic amines is 1. The summed E-state index contributed by atoms with van der Waals surface area (Å²) in [6.07, 6.45) is 2.11. The fourth-order valence-corrected chi connectivity index (χ4v) is 3.09. The van der Waals surface area contributed by atoms with E-state index in [1.165, 1.54) is 6.20 Å². The minimum absolute atomic E-state index is 0.156. The van der Waals surface area contributed by atoms with E-state index >= 15 is 0 Å². The summed E-state index contributed by atoms with van der Waals surface area (Å²) in [6.45, 7) is 2.42. The number of aromatic nitrogens is 3. The summed E-state index contributed by atoms with van der Waals surface area (Å²) in [5, 5.41) is 10.0. The van der Waals surface area contributed by atoms with Crippen LogP contribution in [0.3, 0.4) is 0 Å². The zero-order chi connectivity index (χ0) is 19.5. The largest absolute Gasteiger partial charge is 0.489 e. The van der Waals surface area contributed by atoms with Gasteiger partial charge in [0.2, 0.25) is 0 Å². The number of aryl methyl sites for hydroxylation is 1. The average molecular weight is 373 g/mol. The number of H-pyrrole nitrogens is 1. The molecule has 28 heavy (non-hydrogen) atoms. The van der Waals surface area contributed by atoms with Gasteiger partial charge in [0.25, 0.3) is 0 Å². The molecule has 4 aromatic rings. The first-order valence-corrected chi connectivity index (χ1v) is 9.04. The van der Waals surface area contributed by atoms with Crippen LogP contribution in [0.1, 0.15) is 28.7 Å². The summed E-state index contributed by atoms with van der Waals surface area (Å²) in [5.41, 5.74) is 3.13. The summed E-state index contributed by atoms with van der Waals surface area (Å²) in [7, 11) is 0. The van der Waals surface area contributed by atoms with E-state index in [9.17, 15) is 9.90 Å². The number of hydrogen-bond acceptors (Lipinski definition) is 4. The third-order valence-electron chi connectivity index (χ3n) is 4.48. The van der Waals surface area contributed by atoms with E-state index in [0.717, 1.165) is 11.1 Å². The number of ether oxygens (including phenoxy) is 1. The van der Waals surface area contributed by atoms with Crippen LogP contribution >= 0.6 is 0 Å². The molecule has 2 heterocycles. The Balaban J connectivity index is 1.75. The lowest BCUT2D eigenvalue weighted by Gasteiger charge is -2.10. The molecular formula is C22H19N3O3. The first-order chi connectivity index (χ1) is 13.7. The van der Waals surface area contributed by atoms with Crippen LogP contribution in [0.15, 0.2) is 60.8 Å². The second-order valence-corrected chi connectivity index (χ2v) is 6.38. The molecule has 0 atom stereocenters. The zero-order valence-electron chi connectivity index (χ0n) is 15.3. The SMILES string of the molecule is CCc1nc(-c2cccc(OCc3ccccc3)c2)c2c(C(=O)O)c[nH]c2n1. The van der Waals surface area contributed by atoms with Gasteiger partial charge in [-0.15, -0.1) is 0 Å². The molecule has 0 bridgehead atoms. The van der Waals surface area contributed by atoms with Crippen molar-refractivity contribution in [2.24, 2.45) is 0 Å². The van der Waals surface area contributed by atoms with E-state index < -0.39 is 5.97 Å². The third kappa shape index (κ3) is 3.44. The van der Waals surface area contributed by atoms with Crippen LogP contribution in [0.4, 0.5) is 0 Å². The van der Waals surface area contributed by atoms with Gasteiger partial charge in [-0.25, -0.2) is 14.8 Å². The molecule has 2 aromatic heterocycles. The van der Waals surface area contributed by atoms with E-state index in [0.29, 0.717) is 41.3 Å². The van der Waals surface area contributed by atoms with Crippen LogP contribution in [0, 0.1) is 0 Å². The Morgan fingerprint density at radius 2 is 1.93 bits per heavy atom. The molecule has 0 saturated carbocycles. The number of carbonyl (C=O) groups is 1. The van der Waals surface area contributed by atoms with Crippen molar-refractivity contribution in [3.8, 4) is 17.0 Å². The minimum Gasteiger partial charge on any atom is -0.489 e. The van der Waals surface area contributed by atoms with Crippen molar-refractivity contribution >= 4 is 17.0 Å². The van der Waals surface area contributed by atoms with Gasteiger partial charge in [-0.2, -0.15) is 0 Å². The molecule has 140 valence electrons. The molecule has 6 heteroatoms. The number of aromatic carboxylic acids is 1. The Morgan fingerprint density at radius 1 is 1.11 bits per heavy atom. The highest BCUT2D eigenvalue weighted by atomic mass is 16.5. The second-order valence-electron chi connectivity index (χ2n) is 6.38. The molecule has 0 spiro atoms. The lowest BCUT2D eigenvalue weighted by molar-refractivity contribution is 0.0699. The summed E-state index contributed by atoms with van der Waals surface area (Å²) in [4.78, 5) is 23.6. The molecule has 2 N–H and O–H groups in total. The van der Waals surface area contributed by atoms with Gasteiger partial charge in [0, 0.05) is 18.2 Å². The lowest BCUT2D eigenvalue weighted by Crippen LogP contribution is -2.01. The van der Waals surface area contributed by atoms with Gasteiger partial charge in [0.1, 0.15) is 23.8 Å². The molecule has 2 aromatic carbocycles. The second kappa shape index (κ2) is 7.52. The van der Waals surface area contributed by atoms with Crippen molar-refractivity contribution in [2.75, 3.05) is 0 Å². The quantitative estimate of drug-likeness (QED) is 0.521. The fraction of sp³-hybridized carbons (Fsp3) is 0.136. The maximum absolute atomic E-state index is 11.6. The van der Waals surface area contributed by atoms with Crippen LogP contribution in [0.25, 0.3) is 22.3 Å². The Morgan fingerprint density at radius 3 is 2.68 bits per heavy atom. The summed E-state index contributed by atoms with van der Waals surface area (Å²) in [5.74, 6) is 0.326. The molecule has 6 nitrogen and oxygen atoms in total. The predicted octanol–water partition coefficient (Wildman–Crippen LogP) is 4.46. The molecule has 0 radical (unpaired) electrons. The molecule has 0 aliphatic heterocycles. The Kier molecular flexibility index (Phi) is 4.76. The van der Waals surface area contributed by atoms with Gasteiger partial charge < -0.3 is 14.8 Å². The van der Waals surface area contributed by atoms with Crippen LogP contribution in [-0.2, 0) is 13.0 Å². The summed E-state index contributed by atoms with van der Waals surface area (Å²) in [6, 6.07) is 17.4. The predicted molar refractivity (Wildman–Crippen MR) is 106 cm³/mol. The van der Waals surface area contributed by atoms with Crippen molar-refractivity contribution in [2.45, 2.75) is 20.0 Å². The highest BCUT2D eigenvalue weighted by molar-refractivity contribution is 6.07. The monoisotopic (exact) mass is 373 g/mol. The number of hydrogen-bond donors (Lipinski definition) is 2. The maximum Gasteiger partial charge on any atom is 0.338 e. The number of nitrogens with one attached hydrogen (secondary N) is 1. The van der Waals surface area contributed by atoms with Crippen molar-refractivity contribution in [1.29, 1.82) is 0 Å². The fourth-order valence-electron chi connectivity index (χ4n) is 3.09. The Bertz CT molecular complexity index is 1140. The van der Waals surface area contributed by atoms with Crippen molar-refractivity contribution in [1.82, 2.24) is 15.0 Å². The molecule has 4 rings (SSSR count). The van der Waals surface area contributed by atoms with Crippen LogP contribution in [0.5, 0.6) is 5.75 Å². The highest BCUT2D eigenvalue weighted by Crippen LogP contribution is 2.31. The van der Waals surface area contributed by atoms with Gasteiger partial charge in [-0.3, -0.25) is 0 Å². The topological polar surface area (TPSA) is 88.1 Å². The molecule has 0 amide bonds. The van der Waals surface area contributed by atoms with Crippen molar-refractivity contribution in [3.63, 3.8) is 0 Å². The Hall–Kier alpha value is -3.67.